The Labute approximate surface area is 105 Å². The number of nitrogens with one attached hydrogen (secondary N) is 1. The van der Waals surface area contributed by atoms with E-state index in [2.05, 4.69) is 37.9 Å². The van der Waals surface area contributed by atoms with Crippen molar-refractivity contribution >= 4 is 5.91 Å². The molecule has 1 saturated heterocycles. The molecule has 1 fully saturated rings. The van der Waals surface area contributed by atoms with Crippen molar-refractivity contribution in [3.05, 3.63) is 0 Å². The van der Waals surface area contributed by atoms with Crippen LogP contribution in [0.5, 0.6) is 0 Å². The second kappa shape index (κ2) is 6.36. The van der Waals surface area contributed by atoms with E-state index in [1.807, 2.05) is 7.05 Å². The zero-order chi connectivity index (χ0) is 13.0. The lowest BCUT2D eigenvalue weighted by Gasteiger charge is -2.42. The Morgan fingerprint density at radius 1 is 1.41 bits per heavy atom. The van der Waals surface area contributed by atoms with E-state index in [-0.39, 0.29) is 11.9 Å². The summed E-state index contributed by atoms with van der Waals surface area (Å²) in [6.45, 7) is 11.3. The lowest BCUT2D eigenvalue weighted by atomic mass is 9.99. The molecule has 0 aromatic carbocycles. The fourth-order valence-electron chi connectivity index (χ4n) is 2.06. The van der Waals surface area contributed by atoms with Crippen LogP contribution in [0.25, 0.3) is 0 Å². The van der Waals surface area contributed by atoms with Crippen molar-refractivity contribution in [2.75, 3.05) is 26.8 Å². The molecule has 0 spiro atoms. The van der Waals surface area contributed by atoms with Gasteiger partial charge in [-0.25, -0.2) is 0 Å². The first-order chi connectivity index (χ1) is 7.91. The van der Waals surface area contributed by atoms with Crippen LogP contribution in [0.1, 0.15) is 34.1 Å². The summed E-state index contributed by atoms with van der Waals surface area (Å²) in [4.78, 5) is 16.3. The molecule has 0 aliphatic carbocycles. The molecule has 0 aromatic heterocycles. The number of nitrogens with zero attached hydrogens (tertiary/aromatic N) is 2. The van der Waals surface area contributed by atoms with Gasteiger partial charge in [0.25, 0.3) is 0 Å². The highest BCUT2D eigenvalue weighted by Crippen LogP contribution is 2.20. The van der Waals surface area contributed by atoms with Gasteiger partial charge in [0.2, 0.25) is 5.91 Å². The van der Waals surface area contributed by atoms with E-state index >= 15 is 0 Å². The predicted octanol–water partition coefficient (Wildman–Crippen LogP) is 1.13. The number of carbonyl (C=O) groups excluding carboxylic acids is 1. The Hall–Kier alpha value is -0.610. The molecule has 0 radical (unpaired) electrons. The monoisotopic (exact) mass is 241 g/mol. The maximum absolute atomic E-state index is 12.2. The zero-order valence-corrected chi connectivity index (χ0v) is 11.9. The maximum atomic E-state index is 12.2. The number of amides is 1. The number of hydrogen-bond acceptors (Lipinski definition) is 3. The first-order valence-corrected chi connectivity index (χ1v) is 6.64. The van der Waals surface area contributed by atoms with Crippen LogP contribution >= 0.6 is 0 Å². The number of likely N-dealkylation sites (N-methyl/N-ethyl adjacent to an activating group) is 1. The third-order valence-corrected chi connectivity index (χ3v) is 3.13. The minimum atomic E-state index is 0.122. The van der Waals surface area contributed by atoms with Crippen molar-refractivity contribution in [1.29, 1.82) is 0 Å². The van der Waals surface area contributed by atoms with Crippen LogP contribution < -0.4 is 5.32 Å². The number of carbonyl (C=O) groups is 1. The summed E-state index contributed by atoms with van der Waals surface area (Å²) in [7, 11) is 1.88. The van der Waals surface area contributed by atoms with E-state index in [0.29, 0.717) is 18.6 Å². The van der Waals surface area contributed by atoms with E-state index in [1.165, 1.54) is 0 Å². The number of hydrogen-bond donors (Lipinski definition) is 1. The van der Waals surface area contributed by atoms with Gasteiger partial charge in [0, 0.05) is 26.2 Å². The Morgan fingerprint density at radius 2 is 2.06 bits per heavy atom. The van der Waals surface area contributed by atoms with E-state index in [1.54, 1.807) is 4.90 Å². The first-order valence-electron chi connectivity index (χ1n) is 6.64. The number of rotatable bonds is 6. The molecule has 1 aliphatic rings. The van der Waals surface area contributed by atoms with Crippen molar-refractivity contribution in [1.82, 2.24) is 15.1 Å². The molecule has 100 valence electrons. The Balaban J connectivity index is 2.36. The van der Waals surface area contributed by atoms with Crippen LogP contribution in [0.15, 0.2) is 0 Å². The van der Waals surface area contributed by atoms with Crippen LogP contribution in [0.2, 0.25) is 0 Å². The molecule has 1 aliphatic heterocycles. The largest absolute Gasteiger partial charge is 0.332 e. The molecule has 1 amide bonds. The summed E-state index contributed by atoms with van der Waals surface area (Å²) in [5.41, 5.74) is 0. The summed E-state index contributed by atoms with van der Waals surface area (Å²) in [6.07, 6.45) is 1.01. The molecular formula is C13H27N3O. The van der Waals surface area contributed by atoms with Gasteiger partial charge in [-0.05, 0) is 26.2 Å². The fraction of sp³-hybridized carbons (Fsp3) is 0.923. The van der Waals surface area contributed by atoms with Crippen LogP contribution in [0.3, 0.4) is 0 Å². The van der Waals surface area contributed by atoms with E-state index < -0.39 is 0 Å². The van der Waals surface area contributed by atoms with Gasteiger partial charge in [0.15, 0.2) is 0 Å². The molecule has 1 unspecified atom stereocenters. The summed E-state index contributed by atoms with van der Waals surface area (Å²) in [5.74, 6) is 0.884. The molecule has 4 heteroatoms. The van der Waals surface area contributed by atoms with Crippen molar-refractivity contribution in [2.24, 2.45) is 5.92 Å². The van der Waals surface area contributed by atoms with E-state index in [9.17, 15) is 4.79 Å². The number of likely N-dealkylation sites (tertiary alicyclic amines) is 1. The van der Waals surface area contributed by atoms with Crippen molar-refractivity contribution < 1.29 is 4.79 Å². The highest BCUT2D eigenvalue weighted by atomic mass is 16.2. The predicted molar refractivity (Wildman–Crippen MR) is 70.7 cm³/mol. The third kappa shape index (κ3) is 4.28. The van der Waals surface area contributed by atoms with E-state index in [4.69, 9.17) is 0 Å². The molecule has 0 saturated carbocycles. The molecule has 1 rings (SSSR count). The van der Waals surface area contributed by atoms with Gasteiger partial charge in [0.05, 0.1) is 12.7 Å². The Bertz CT molecular complexity index is 253. The summed E-state index contributed by atoms with van der Waals surface area (Å²) in [5, 5.41) is 3.27. The smallest absolute Gasteiger partial charge is 0.240 e. The average molecular weight is 241 g/mol. The highest BCUT2D eigenvalue weighted by molar-refractivity contribution is 5.82. The molecular weight excluding hydrogens is 214 g/mol. The van der Waals surface area contributed by atoms with Gasteiger partial charge in [-0.15, -0.1) is 0 Å². The zero-order valence-electron chi connectivity index (χ0n) is 11.9. The molecule has 0 bridgehead atoms. The molecule has 17 heavy (non-hydrogen) atoms. The van der Waals surface area contributed by atoms with Crippen LogP contribution in [-0.2, 0) is 4.79 Å². The minimum Gasteiger partial charge on any atom is -0.332 e. The minimum absolute atomic E-state index is 0.122. The van der Waals surface area contributed by atoms with Crippen molar-refractivity contribution in [2.45, 2.75) is 46.2 Å². The topological polar surface area (TPSA) is 35.6 Å². The van der Waals surface area contributed by atoms with E-state index in [0.717, 1.165) is 19.5 Å². The SMILES string of the molecule is CC(C)CN1CCC1C(=O)N(C)CNC(C)C. The average Bonchev–Trinajstić information content (AvgIpc) is 2.20. The second-order valence-corrected chi connectivity index (χ2v) is 5.75. The lowest BCUT2D eigenvalue weighted by molar-refractivity contribution is -0.141. The maximum Gasteiger partial charge on any atom is 0.240 e. The fourth-order valence-corrected chi connectivity index (χ4v) is 2.06. The first kappa shape index (κ1) is 14.5. The van der Waals surface area contributed by atoms with Gasteiger partial charge in [0.1, 0.15) is 0 Å². The molecule has 4 nitrogen and oxygen atoms in total. The van der Waals surface area contributed by atoms with Crippen molar-refractivity contribution in [3.63, 3.8) is 0 Å². The second-order valence-electron chi connectivity index (χ2n) is 5.75. The standard InChI is InChI=1S/C13H27N3O/c1-10(2)8-16-7-6-12(16)13(17)15(5)9-14-11(3)4/h10-12,14H,6-9H2,1-5H3. The van der Waals surface area contributed by atoms with Gasteiger partial charge >= 0.3 is 0 Å². The molecule has 1 atom stereocenters. The molecule has 1 heterocycles. The van der Waals surface area contributed by atoms with Crippen molar-refractivity contribution in [3.8, 4) is 0 Å². The molecule has 0 aromatic rings. The van der Waals surface area contributed by atoms with Crippen LogP contribution in [0, 0.1) is 5.92 Å². The third-order valence-electron chi connectivity index (χ3n) is 3.13. The molecule has 1 N–H and O–H groups in total. The Morgan fingerprint density at radius 3 is 2.47 bits per heavy atom. The van der Waals surface area contributed by atoms with Gasteiger partial charge in [-0.3, -0.25) is 15.0 Å². The summed E-state index contributed by atoms with van der Waals surface area (Å²) >= 11 is 0. The summed E-state index contributed by atoms with van der Waals surface area (Å²) < 4.78 is 0. The van der Waals surface area contributed by atoms with Gasteiger partial charge in [-0.1, -0.05) is 13.8 Å². The highest BCUT2D eigenvalue weighted by Gasteiger charge is 2.35. The van der Waals surface area contributed by atoms with Gasteiger partial charge in [-0.2, -0.15) is 0 Å². The summed E-state index contributed by atoms with van der Waals surface area (Å²) in [6, 6.07) is 0.537. The van der Waals surface area contributed by atoms with Crippen LogP contribution in [-0.4, -0.2) is 54.6 Å². The van der Waals surface area contributed by atoms with Crippen LogP contribution in [0.4, 0.5) is 0 Å². The van der Waals surface area contributed by atoms with Gasteiger partial charge < -0.3 is 4.90 Å². The Kier molecular flexibility index (Phi) is 5.40. The normalized spacial score (nSPS) is 20.8. The lowest BCUT2D eigenvalue weighted by Crippen LogP contribution is -2.58. The quantitative estimate of drug-likeness (QED) is 0.708.